The lowest BCUT2D eigenvalue weighted by Crippen LogP contribution is -2.09. The van der Waals surface area contributed by atoms with Crippen molar-refractivity contribution < 1.29 is 9.53 Å². The third-order valence-electron chi connectivity index (χ3n) is 3.23. The molecule has 0 atom stereocenters. The molecular weight excluding hydrogens is 399 g/mol. The molecule has 0 fully saturated rings. The molecule has 3 rings (SSSR count). The van der Waals surface area contributed by atoms with E-state index < -0.39 is 0 Å². The molecule has 0 N–H and O–H groups in total. The molecule has 3 aromatic heterocycles. The maximum absolute atomic E-state index is 11.3. The van der Waals surface area contributed by atoms with E-state index in [1.165, 1.54) is 29.6 Å². The lowest BCUT2D eigenvalue weighted by atomic mass is 10.1. The molecular formula is C17H10Cl2N2O2S2. The Hall–Kier alpha value is -1.91. The summed E-state index contributed by atoms with van der Waals surface area (Å²) < 4.78 is 6.52. The molecule has 0 bridgehead atoms. The number of nitriles is 1. The van der Waals surface area contributed by atoms with Crippen molar-refractivity contribution in [3.8, 4) is 33.6 Å². The molecule has 0 aliphatic rings. The molecule has 3 aromatic rings. The minimum absolute atomic E-state index is 0.108. The van der Waals surface area contributed by atoms with Crippen LogP contribution in [-0.2, 0) is 4.79 Å². The Morgan fingerprint density at radius 3 is 2.72 bits per heavy atom. The van der Waals surface area contributed by atoms with Crippen molar-refractivity contribution in [2.75, 3.05) is 6.61 Å². The number of aromatic nitrogens is 1. The maximum atomic E-state index is 11.3. The van der Waals surface area contributed by atoms with Crippen LogP contribution in [0.4, 0.5) is 0 Å². The Bertz CT molecular complexity index is 975. The lowest BCUT2D eigenvalue weighted by Gasteiger charge is -2.11. The van der Waals surface area contributed by atoms with Crippen LogP contribution >= 0.6 is 45.9 Å². The van der Waals surface area contributed by atoms with Crippen LogP contribution in [-0.4, -0.2) is 17.4 Å². The molecule has 0 spiro atoms. The fourth-order valence-electron chi connectivity index (χ4n) is 2.18. The van der Waals surface area contributed by atoms with Crippen molar-refractivity contribution in [1.29, 1.82) is 5.26 Å². The van der Waals surface area contributed by atoms with Gasteiger partial charge in [-0.2, -0.15) is 5.26 Å². The van der Waals surface area contributed by atoms with Gasteiger partial charge >= 0.3 is 0 Å². The summed E-state index contributed by atoms with van der Waals surface area (Å²) in [5.74, 6) is -0.0534. The standard InChI is InChI=1S/C17H10Cl2N2O2S2/c1-9(22)8-23-17-12(7-20)10(14-3-2-4-24-14)5-13(21-17)11-6-15(18)25-16(11)19/h2-6H,8H2,1H3. The predicted molar refractivity (Wildman–Crippen MR) is 102 cm³/mol. The summed E-state index contributed by atoms with van der Waals surface area (Å²) in [6, 6.07) is 9.43. The monoisotopic (exact) mass is 408 g/mol. The van der Waals surface area contributed by atoms with Crippen LogP contribution in [0.3, 0.4) is 0 Å². The van der Waals surface area contributed by atoms with E-state index in [9.17, 15) is 10.1 Å². The number of halogens is 2. The van der Waals surface area contributed by atoms with E-state index in [1.54, 1.807) is 12.1 Å². The maximum Gasteiger partial charge on any atom is 0.233 e. The summed E-state index contributed by atoms with van der Waals surface area (Å²) in [7, 11) is 0. The number of hydrogen-bond acceptors (Lipinski definition) is 6. The second-order valence-corrected chi connectivity index (χ2v) is 8.29. The highest BCUT2D eigenvalue weighted by Crippen LogP contribution is 2.41. The molecule has 0 amide bonds. The molecule has 0 radical (unpaired) electrons. The number of pyridine rings is 1. The van der Waals surface area contributed by atoms with Gasteiger partial charge < -0.3 is 4.74 Å². The molecule has 126 valence electrons. The Balaban J connectivity index is 2.21. The molecule has 0 saturated heterocycles. The van der Waals surface area contributed by atoms with Gasteiger partial charge in [-0.15, -0.1) is 22.7 Å². The summed E-state index contributed by atoms with van der Waals surface area (Å²) >= 11 is 15.0. The zero-order chi connectivity index (χ0) is 18.0. The molecule has 0 unspecified atom stereocenters. The molecule has 4 nitrogen and oxygen atoms in total. The number of Topliss-reactive ketones (excluding diaryl/α,β-unsaturated/α-hetero) is 1. The van der Waals surface area contributed by atoms with Gasteiger partial charge in [0.2, 0.25) is 5.88 Å². The van der Waals surface area contributed by atoms with Gasteiger partial charge in [-0.25, -0.2) is 4.98 Å². The number of ether oxygens (including phenoxy) is 1. The summed E-state index contributed by atoms with van der Waals surface area (Å²) in [4.78, 5) is 16.6. The highest BCUT2D eigenvalue weighted by Gasteiger charge is 2.19. The molecule has 0 aliphatic carbocycles. The topological polar surface area (TPSA) is 63.0 Å². The SMILES string of the molecule is CC(=O)COc1nc(-c2cc(Cl)sc2Cl)cc(-c2cccs2)c1C#N. The molecule has 3 heterocycles. The van der Waals surface area contributed by atoms with Crippen LogP contribution in [0, 0.1) is 11.3 Å². The zero-order valence-corrected chi connectivity index (χ0v) is 16.0. The fourth-order valence-corrected chi connectivity index (χ4v) is 4.41. The smallest absolute Gasteiger partial charge is 0.233 e. The Morgan fingerprint density at radius 1 is 1.36 bits per heavy atom. The number of hydrogen-bond donors (Lipinski definition) is 0. The van der Waals surface area contributed by atoms with Crippen LogP contribution in [0.1, 0.15) is 12.5 Å². The van der Waals surface area contributed by atoms with E-state index >= 15 is 0 Å². The third kappa shape index (κ3) is 3.86. The van der Waals surface area contributed by atoms with Gasteiger partial charge in [-0.1, -0.05) is 29.3 Å². The highest BCUT2D eigenvalue weighted by molar-refractivity contribution is 7.20. The Morgan fingerprint density at radius 2 is 2.16 bits per heavy atom. The Kier molecular flexibility index (Phi) is 5.40. The first kappa shape index (κ1) is 17.9. The molecule has 0 aliphatic heterocycles. The summed E-state index contributed by atoms with van der Waals surface area (Å²) in [5, 5.41) is 11.5. The van der Waals surface area contributed by atoms with Crippen molar-refractivity contribution >= 4 is 51.7 Å². The second-order valence-electron chi connectivity index (χ2n) is 5.05. The van der Waals surface area contributed by atoms with Crippen molar-refractivity contribution in [2.24, 2.45) is 0 Å². The van der Waals surface area contributed by atoms with Gasteiger partial charge in [-0.05, 0) is 30.5 Å². The van der Waals surface area contributed by atoms with Gasteiger partial charge in [0, 0.05) is 16.0 Å². The van der Waals surface area contributed by atoms with E-state index in [-0.39, 0.29) is 23.8 Å². The van der Waals surface area contributed by atoms with Gasteiger partial charge in [-0.3, -0.25) is 4.79 Å². The fraction of sp³-hybridized carbons (Fsp3) is 0.118. The summed E-state index contributed by atoms with van der Waals surface area (Å²) in [6.07, 6.45) is 0. The first-order valence-corrected chi connectivity index (χ1v) is 9.51. The van der Waals surface area contributed by atoms with Crippen LogP contribution < -0.4 is 4.74 Å². The van der Waals surface area contributed by atoms with Gasteiger partial charge in [0.25, 0.3) is 0 Å². The quantitative estimate of drug-likeness (QED) is 0.544. The van der Waals surface area contributed by atoms with Crippen LogP contribution in [0.5, 0.6) is 5.88 Å². The molecule has 8 heteroatoms. The largest absolute Gasteiger partial charge is 0.469 e. The summed E-state index contributed by atoms with van der Waals surface area (Å²) in [6.45, 7) is 1.25. The minimum Gasteiger partial charge on any atom is -0.469 e. The average Bonchev–Trinajstić information content (AvgIpc) is 3.21. The lowest BCUT2D eigenvalue weighted by molar-refractivity contribution is -0.119. The number of ketones is 1. The predicted octanol–water partition coefficient (Wildman–Crippen LogP) is 5.68. The number of thiophene rings is 2. The van der Waals surface area contributed by atoms with Crippen molar-refractivity contribution in [3.05, 3.63) is 43.9 Å². The number of carbonyl (C=O) groups is 1. The Labute approximate surface area is 162 Å². The van der Waals surface area contributed by atoms with Gasteiger partial charge in [0.05, 0.1) is 10.0 Å². The average molecular weight is 409 g/mol. The van der Waals surface area contributed by atoms with Crippen molar-refractivity contribution in [3.63, 3.8) is 0 Å². The van der Waals surface area contributed by atoms with E-state index in [4.69, 9.17) is 27.9 Å². The number of nitrogens with zero attached hydrogens (tertiary/aromatic N) is 2. The van der Waals surface area contributed by atoms with E-state index in [0.717, 1.165) is 4.88 Å². The van der Waals surface area contributed by atoms with Crippen molar-refractivity contribution in [2.45, 2.75) is 6.92 Å². The third-order valence-corrected chi connectivity index (χ3v) is 5.62. The minimum atomic E-state index is -0.162. The van der Waals surface area contributed by atoms with Crippen molar-refractivity contribution in [1.82, 2.24) is 4.98 Å². The zero-order valence-electron chi connectivity index (χ0n) is 12.9. The van der Waals surface area contributed by atoms with Crippen LogP contribution in [0.15, 0.2) is 29.6 Å². The van der Waals surface area contributed by atoms with E-state index in [0.29, 0.717) is 25.5 Å². The molecule has 25 heavy (non-hydrogen) atoms. The molecule has 0 saturated carbocycles. The highest BCUT2D eigenvalue weighted by atomic mass is 35.5. The first-order valence-electron chi connectivity index (χ1n) is 7.06. The number of carbonyl (C=O) groups excluding carboxylic acids is 1. The van der Waals surface area contributed by atoms with Crippen LogP contribution in [0.25, 0.3) is 21.7 Å². The van der Waals surface area contributed by atoms with E-state index in [1.807, 2.05) is 17.5 Å². The first-order chi connectivity index (χ1) is 12.0. The number of rotatable bonds is 5. The second kappa shape index (κ2) is 7.54. The molecule has 0 aromatic carbocycles. The normalized spacial score (nSPS) is 10.5. The van der Waals surface area contributed by atoms with E-state index in [2.05, 4.69) is 11.1 Å². The van der Waals surface area contributed by atoms with Gasteiger partial charge in [0.15, 0.2) is 5.78 Å². The van der Waals surface area contributed by atoms with Gasteiger partial charge in [0.1, 0.15) is 22.6 Å². The van der Waals surface area contributed by atoms with Crippen LogP contribution in [0.2, 0.25) is 8.67 Å². The summed E-state index contributed by atoms with van der Waals surface area (Å²) in [5.41, 5.74) is 2.16.